The summed E-state index contributed by atoms with van der Waals surface area (Å²) in [6.07, 6.45) is 2.01. The van der Waals surface area contributed by atoms with Crippen LogP contribution < -0.4 is 14.4 Å². The number of carbonyl (C=O) groups is 2. The first-order valence-electron chi connectivity index (χ1n) is 11.8. The molecule has 2 aromatic rings. The van der Waals surface area contributed by atoms with Gasteiger partial charge in [0.2, 0.25) is 21.8 Å². The van der Waals surface area contributed by atoms with Crippen molar-refractivity contribution < 1.29 is 22.7 Å². The monoisotopic (exact) mass is 503 g/mol. The zero-order valence-corrected chi connectivity index (χ0v) is 22.0. The van der Waals surface area contributed by atoms with E-state index in [1.165, 1.54) is 11.4 Å². The summed E-state index contributed by atoms with van der Waals surface area (Å²) in [6.45, 7) is 6.07. The minimum Gasteiger partial charge on any atom is -0.497 e. The number of hydrogen-bond donors (Lipinski definition) is 1. The summed E-state index contributed by atoms with van der Waals surface area (Å²) in [7, 11) is -2.05. The van der Waals surface area contributed by atoms with Crippen molar-refractivity contribution in [2.24, 2.45) is 0 Å². The highest BCUT2D eigenvalue weighted by atomic mass is 32.2. The summed E-state index contributed by atoms with van der Waals surface area (Å²) in [5.74, 6) is 0.155. The van der Waals surface area contributed by atoms with Crippen LogP contribution >= 0.6 is 0 Å². The van der Waals surface area contributed by atoms with Crippen molar-refractivity contribution in [2.45, 2.75) is 58.7 Å². The Kier molecular flexibility index (Phi) is 10.6. The molecule has 0 saturated carbocycles. The molecule has 9 heteroatoms. The lowest BCUT2D eigenvalue weighted by atomic mass is 10.1. The number of amides is 2. The standard InChI is InChI=1S/C26H37N3O5S/c1-6-24(26(31)27-20(2)3)28(19-21-12-8-7-9-13-21)25(30)16-11-17-29(35(5,32)33)22-14-10-15-23(18-22)34-4/h7-10,12-15,18,20,24H,6,11,16-17,19H2,1-5H3,(H,27,31)/t24-/m1/s1. The van der Waals surface area contributed by atoms with Gasteiger partial charge in [-0.2, -0.15) is 0 Å². The van der Waals surface area contributed by atoms with E-state index in [1.807, 2.05) is 51.1 Å². The number of benzene rings is 2. The SMILES string of the molecule is CC[C@H](C(=O)NC(C)C)N(Cc1ccccc1)C(=O)CCCN(c1cccc(OC)c1)S(C)(=O)=O. The summed E-state index contributed by atoms with van der Waals surface area (Å²) >= 11 is 0. The number of ether oxygens (including phenoxy) is 1. The molecule has 2 amide bonds. The molecule has 0 fully saturated rings. The van der Waals surface area contributed by atoms with Crippen molar-refractivity contribution in [1.29, 1.82) is 0 Å². The number of carbonyl (C=O) groups excluding carboxylic acids is 2. The first-order valence-corrected chi connectivity index (χ1v) is 13.7. The van der Waals surface area contributed by atoms with Crippen LogP contribution in [-0.2, 0) is 26.2 Å². The van der Waals surface area contributed by atoms with Gasteiger partial charge in [-0.05, 0) is 44.4 Å². The molecule has 8 nitrogen and oxygen atoms in total. The van der Waals surface area contributed by atoms with Crippen LogP contribution in [0.3, 0.4) is 0 Å². The van der Waals surface area contributed by atoms with Crippen LogP contribution in [0.4, 0.5) is 5.69 Å². The average molecular weight is 504 g/mol. The Morgan fingerprint density at radius 2 is 1.74 bits per heavy atom. The molecule has 2 aromatic carbocycles. The highest BCUT2D eigenvalue weighted by Gasteiger charge is 2.29. The van der Waals surface area contributed by atoms with E-state index in [0.29, 0.717) is 30.8 Å². The summed E-state index contributed by atoms with van der Waals surface area (Å²) in [5, 5.41) is 2.91. The van der Waals surface area contributed by atoms with Crippen molar-refractivity contribution in [3.63, 3.8) is 0 Å². The van der Waals surface area contributed by atoms with Crippen LogP contribution in [0.1, 0.15) is 45.6 Å². The van der Waals surface area contributed by atoms with Gasteiger partial charge >= 0.3 is 0 Å². The largest absolute Gasteiger partial charge is 0.497 e. The maximum Gasteiger partial charge on any atom is 0.243 e. The van der Waals surface area contributed by atoms with Crippen molar-refractivity contribution in [3.05, 3.63) is 60.2 Å². The number of hydrogen-bond acceptors (Lipinski definition) is 5. The van der Waals surface area contributed by atoms with Crippen LogP contribution in [0, 0.1) is 0 Å². The molecule has 192 valence electrons. The Hall–Kier alpha value is -3.07. The zero-order chi connectivity index (χ0) is 26.0. The predicted molar refractivity (Wildman–Crippen MR) is 139 cm³/mol. The highest BCUT2D eigenvalue weighted by Crippen LogP contribution is 2.24. The van der Waals surface area contributed by atoms with E-state index in [2.05, 4.69) is 5.32 Å². The number of nitrogens with one attached hydrogen (secondary N) is 1. The van der Waals surface area contributed by atoms with Gasteiger partial charge in [-0.1, -0.05) is 43.3 Å². The van der Waals surface area contributed by atoms with Crippen LogP contribution in [-0.4, -0.2) is 57.1 Å². The third kappa shape index (κ3) is 8.58. The number of anilines is 1. The number of rotatable bonds is 13. The van der Waals surface area contributed by atoms with Gasteiger partial charge in [-0.3, -0.25) is 13.9 Å². The molecule has 1 N–H and O–H groups in total. The van der Waals surface area contributed by atoms with Crippen LogP contribution in [0.15, 0.2) is 54.6 Å². The van der Waals surface area contributed by atoms with E-state index in [-0.39, 0.29) is 30.8 Å². The molecule has 0 saturated heterocycles. The van der Waals surface area contributed by atoms with E-state index in [9.17, 15) is 18.0 Å². The minimum absolute atomic E-state index is 0.0450. The summed E-state index contributed by atoms with van der Waals surface area (Å²) in [4.78, 5) is 27.8. The molecule has 0 aliphatic rings. The number of methoxy groups -OCH3 is 1. The molecule has 0 aliphatic heterocycles. The van der Waals surface area contributed by atoms with Crippen LogP contribution in [0.2, 0.25) is 0 Å². The van der Waals surface area contributed by atoms with Gasteiger partial charge in [0.25, 0.3) is 0 Å². The smallest absolute Gasteiger partial charge is 0.243 e. The van der Waals surface area contributed by atoms with Crippen LogP contribution in [0.5, 0.6) is 5.75 Å². The topological polar surface area (TPSA) is 96.0 Å². The average Bonchev–Trinajstić information content (AvgIpc) is 2.81. The van der Waals surface area contributed by atoms with Gasteiger partial charge < -0.3 is 15.0 Å². The Labute approximate surface area is 209 Å². The van der Waals surface area contributed by atoms with E-state index in [0.717, 1.165) is 11.8 Å². The predicted octanol–water partition coefficient (Wildman–Crippen LogP) is 3.57. The van der Waals surface area contributed by atoms with E-state index < -0.39 is 16.1 Å². The van der Waals surface area contributed by atoms with Gasteiger partial charge in [-0.15, -0.1) is 0 Å². The van der Waals surface area contributed by atoms with E-state index >= 15 is 0 Å². The lowest BCUT2D eigenvalue weighted by molar-refractivity contribution is -0.141. The summed E-state index contributed by atoms with van der Waals surface area (Å²) in [6, 6.07) is 15.7. The molecule has 0 radical (unpaired) electrons. The lowest BCUT2D eigenvalue weighted by Gasteiger charge is -2.31. The molecule has 2 rings (SSSR count). The Balaban J connectivity index is 2.20. The molecule has 0 aliphatic carbocycles. The first-order chi connectivity index (χ1) is 16.6. The normalized spacial score (nSPS) is 12.2. The number of nitrogens with zero attached hydrogens (tertiary/aromatic N) is 2. The fourth-order valence-electron chi connectivity index (χ4n) is 3.85. The number of sulfonamides is 1. The summed E-state index contributed by atoms with van der Waals surface area (Å²) in [5.41, 5.74) is 1.40. The van der Waals surface area contributed by atoms with Crippen molar-refractivity contribution in [1.82, 2.24) is 10.2 Å². The summed E-state index contributed by atoms with van der Waals surface area (Å²) < 4.78 is 31.4. The van der Waals surface area contributed by atoms with Gasteiger partial charge in [0.15, 0.2) is 0 Å². The van der Waals surface area contributed by atoms with E-state index in [4.69, 9.17) is 4.74 Å². The molecule has 0 aromatic heterocycles. The molecule has 0 unspecified atom stereocenters. The Morgan fingerprint density at radius 1 is 1.06 bits per heavy atom. The molecule has 0 heterocycles. The maximum absolute atomic E-state index is 13.4. The van der Waals surface area contributed by atoms with Gasteiger partial charge in [0.05, 0.1) is 19.1 Å². The Morgan fingerprint density at radius 3 is 2.31 bits per heavy atom. The fraction of sp³-hybridized carbons (Fsp3) is 0.462. The lowest BCUT2D eigenvalue weighted by Crippen LogP contribution is -2.50. The second-order valence-corrected chi connectivity index (χ2v) is 10.6. The van der Waals surface area contributed by atoms with Crippen molar-refractivity contribution >= 4 is 27.5 Å². The quantitative estimate of drug-likeness (QED) is 0.451. The third-order valence-corrected chi connectivity index (χ3v) is 6.70. The van der Waals surface area contributed by atoms with Crippen molar-refractivity contribution in [2.75, 3.05) is 24.2 Å². The third-order valence-electron chi connectivity index (χ3n) is 5.51. The van der Waals surface area contributed by atoms with Crippen LogP contribution in [0.25, 0.3) is 0 Å². The van der Waals surface area contributed by atoms with Gasteiger partial charge in [0.1, 0.15) is 11.8 Å². The van der Waals surface area contributed by atoms with Gasteiger partial charge in [0, 0.05) is 31.6 Å². The maximum atomic E-state index is 13.4. The van der Waals surface area contributed by atoms with Gasteiger partial charge in [-0.25, -0.2) is 8.42 Å². The zero-order valence-electron chi connectivity index (χ0n) is 21.2. The second-order valence-electron chi connectivity index (χ2n) is 8.73. The molecule has 0 spiro atoms. The fourth-order valence-corrected chi connectivity index (χ4v) is 4.81. The highest BCUT2D eigenvalue weighted by molar-refractivity contribution is 7.92. The molecular formula is C26H37N3O5S. The van der Waals surface area contributed by atoms with E-state index in [1.54, 1.807) is 29.2 Å². The molecule has 0 bridgehead atoms. The molecule has 1 atom stereocenters. The minimum atomic E-state index is -3.57. The molecular weight excluding hydrogens is 466 g/mol. The Bertz CT molecular complexity index is 1070. The van der Waals surface area contributed by atoms with Crippen molar-refractivity contribution in [3.8, 4) is 5.75 Å². The molecule has 35 heavy (non-hydrogen) atoms. The second kappa shape index (κ2) is 13.1. The first kappa shape index (κ1) is 28.2.